The lowest BCUT2D eigenvalue weighted by Gasteiger charge is -2.40. The molecule has 0 saturated carbocycles. The second-order valence-corrected chi connectivity index (χ2v) is 5.65. The van der Waals surface area contributed by atoms with E-state index in [4.69, 9.17) is 11.6 Å². The maximum Gasteiger partial charge on any atom is 0.248 e. The highest BCUT2D eigenvalue weighted by Crippen LogP contribution is 2.27. The van der Waals surface area contributed by atoms with Gasteiger partial charge < -0.3 is 10.2 Å². The molecule has 2 atom stereocenters. The zero-order valence-electron chi connectivity index (χ0n) is 12.1. The van der Waals surface area contributed by atoms with E-state index in [-0.39, 0.29) is 17.7 Å². The topological polar surface area (TPSA) is 49.4 Å². The molecule has 1 heterocycles. The number of piperazine rings is 1. The molecular weight excluding hydrogens is 288 g/mol. The Morgan fingerprint density at radius 1 is 1.29 bits per heavy atom. The summed E-state index contributed by atoms with van der Waals surface area (Å²) in [5.41, 5.74) is 2.17. The summed E-state index contributed by atoms with van der Waals surface area (Å²) in [7, 11) is 0. The van der Waals surface area contributed by atoms with E-state index in [0.717, 1.165) is 5.56 Å². The van der Waals surface area contributed by atoms with Crippen LogP contribution < -0.4 is 5.32 Å². The van der Waals surface area contributed by atoms with Crippen LogP contribution in [0, 0.1) is 5.92 Å². The molecule has 2 unspecified atom stereocenters. The van der Waals surface area contributed by atoms with E-state index in [9.17, 15) is 9.59 Å². The van der Waals surface area contributed by atoms with Crippen molar-refractivity contribution in [3.63, 3.8) is 0 Å². The van der Waals surface area contributed by atoms with Gasteiger partial charge in [0.1, 0.15) is 12.1 Å². The number of nitrogens with zero attached hydrogens (tertiary/aromatic N) is 1. The number of benzene rings is 1. The van der Waals surface area contributed by atoms with Gasteiger partial charge in [0.15, 0.2) is 0 Å². The molecule has 1 N–H and O–H groups in total. The molecule has 5 heteroatoms. The predicted molar refractivity (Wildman–Crippen MR) is 82.7 cm³/mol. The minimum absolute atomic E-state index is 0.0423. The van der Waals surface area contributed by atoms with Gasteiger partial charge in [0.2, 0.25) is 11.8 Å². The maximum absolute atomic E-state index is 12.6. The molecular formula is C16H19ClN2O2. The third-order valence-corrected chi connectivity index (χ3v) is 3.76. The molecule has 2 rings (SSSR count). The fourth-order valence-corrected chi connectivity index (χ4v) is 2.59. The van der Waals surface area contributed by atoms with Gasteiger partial charge in [0, 0.05) is 12.1 Å². The monoisotopic (exact) mass is 306 g/mol. The van der Waals surface area contributed by atoms with Gasteiger partial charge in [0.05, 0.1) is 0 Å². The van der Waals surface area contributed by atoms with Crippen molar-refractivity contribution in [1.82, 2.24) is 10.2 Å². The Kier molecular flexibility index (Phi) is 5.02. The lowest BCUT2D eigenvalue weighted by molar-refractivity contribution is -0.150. The first-order valence-electron chi connectivity index (χ1n) is 6.97. The van der Waals surface area contributed by atoms with Gasteiger partial charge in [-0.1, -0.05) is 61.9 Å². The molecule has 0 aromatic heterocycles. The van der Waals surface area contributed by atoms with Crippen molar-refractivity contribution >= 4 is 23.4 Å². The minimum atomic E-state index is -0.610. The molecule has 1 aromatic rings. The Hall–Kier alpha value is -1.81. The van der Waals surface area contributed by atoms with E-state index in [0.29, 0.717) is 6.54 Å². The lowest BCUT2D eigenvalue weighted by Crippen LogP contribution is -2.61. The quantitative estimate of drug-likeness (QED) is 0.929. The number of rotatable bonds is 4. The van der Waals surface area contributed by atoms with Gasteiger partial charge in [-0.2, -0.15) is 0 Å². The van der Waals surface area contributed by atoms with Crippen LogP contribution in [0.4, 0.5) is 0 Å². The van der Waals surface area contributed by atoms with Crippen molar-refractivity contribution in [2.24, 2.45) is 5.92 Å². The Balaban J connectivity index is 2.37. The third-order valence-electron chi connectivity index (χ3n) is 3.58. The number of halogens is 1. The zero-order valence-corrected chi connectivity index (χ0v) is 12.9. The molecule has 0 radical (unpaired) electrons. The highest BCUT2D eigenvalue weighted by atomic mass is 35.5. The van der Waals surface area contributed by atoms with Gasteiger partial charge >= 0.3 is 0 Å². The molecule has 2 amide bonds. The van der Waals surface area contributed by atoms with Gasteiger partial charge in [0.25, 0.3) is 0 Å². The molecule has 0 aliphatic carbocycles. The summed E-state index contributed by atoms with van der Waals surface area (Å²) in [5.74, 6) is -0.184. The van der Waals surface area contributed by atoms with Crippen molar-refractivity contribution in [1.29, 1.82) is 0 Å². The van der Waals surface area contributed by atoms with Gasteiger partial charge in [-0.15, -0.1) is 0 Å². The first-order chi connectivity index (χ1) is 10.1. The van der Waals surface area contributed by atoms with E-state index in [1.54, 1.807) is 11.0 Å². The summed E-state index contributed by atoms with van der Waals surface area (Å²) >= 11 is 5.58. The van der Waals surface area contributed by atoms with Crippen molar-refractivity contribution in [2.75, 3.05) is 6.54 Å². The molecule has 1 fully saturated rings. The van der Waals surface area contributed by atoms with Crippen molar-refractivity contribution in [3.05, 3.63) is 47.5 Å². The maximum atomic E-state index is 12.6. The smallest absolute Gasteiger partial charge is 0.248 e. The van der Waals surface area contributed by atoms with E-state index in [1.165, 1.54) is 5.54 Å². The Labute approximate surface area is 129 Å². The van der Waals surface area contributed by atoms with E-state index in [1.807, 2.05) is 44.2 Å². The fourth-order valence-electron chi connectivity index (χ4n) is 2.51. The number of nitrogens with one attached hydrogen (secondary N) is 1. The Bertz CT molecular complexity index is 542. The van der Waals surface area contributed by atoms with Crippen LogP contribution in [-0.2, 0) is 9.59 Å². The summed E-state index contributed by atoms with van der Waals surface area (Å²) in [6, 6.07) is 8.21. The summed E-state index contributed by atoms with van der Waals surface area (Å²) in [6.07, 6.45) is 1.67. The van der Waals surface area contributed by atoms with Crippen LogP contribution in [0.2, 0.25) is 0 Å². The van der Waals surface area contributed by atoms with Crippen LogP contribution >= 0.6 is 11.6 Å². The molecule has 0 bridgehead atoms. The van der Waals surface area contributed by atoms with Crippen LogP contribution in [0.5, 0.6) is 0 Å². The van der Waals surface area contributed by atoms with Gasteiger partial charge in [-0.25, -0.2) is 0 Å². The second-order valence-electron chi connectivity index (χ2n) is 5.40. The lowest BCUT2D eigenvalue weighted by atomic mass is 9.94. The molecule has 4 nitrogen and oxygen atoms in total. The average molecular weight is 307 g/mol. The van der Waals surface area contributed by atoms with Crippen LogP contribution in [-0.4, -0.2) is 29.3 Å². The first kappa shape index (κ1) is 15.6. The van der Waals surface area contributed by atoms with Crippen molar-refractivity contribution < 1.29 is 9.59 Å². The first-order valence-corrected chi connectivity index (χ1v) is 7.41. The number of amides is 2. The Morgan fingerprint density at radius 3 is 2.52 bits per heavy atom. The summed E-state index contributed by atoms with van der Waals surface area (Å²) in [6.45, 7) is 4.15. The molecule has 1 saturated heterocycles. The Morgan fingerprint density at radius 2 is 1.95 bits per heavy atom. The van der Waals surface area contributed by atoms with Gasteiger partial charge in [-0.05, 0) is 11.5 Å². The normalized spacial score (nSPS) is 23.0. The third kappa shape index (κ3) is 3.27. The zero-order chi connectivity index (χ0) is 15.4. The highest BCUT2D eigenvalue weighted by Gasteiger charge is 2.41. The molecule has 1 aliphatic rings. The summed E-state index contributed by atoms with van der Waals surface area (Å²) in [4.78, 5) is 26.7. The number of carbonyl (C=O) groups excluding carboxylic acids is 2. The minimum Gasteiger partial charge on any atom is -0.342 e. The summed E-state index contributed by atoms with van der Waals surface area (Å²) in [5, 5.41) is 2.83. The van der Waals surface area contributed by atoms with E-state index >= 15 is 0 Å². The average Bonchev–Trinajstić information content (AvgIpc) is 2.48. The molecule has 21 heavy (non-hydrogen) atoms. The standard InChI is InChI=1S/C16H19ClN2O2/c1-11(2)13-16(21)19(10-6-9-17)14(15(20)18-13)12-7-4-3-5-8-12/h3-9,11,13-14H,10H2,1-2H3,(H,18,20)/b9-6+. The predicted octanol–water partition coefficient (Wildman–Crippen LogP) is 2.46. The van der Waals surface area contributed by atoms with Gasteiger partial charge in [-0.3, -0.25) is 9.59 Å². The van der Waals surface area contributed by atoms with Crippen LogP contribution in [0.25, 0.3) is 0 Å². The molecule has 1 aliphatic heterocycles. The molecule has 0 spiro atoms. The van der Waals surface area contributed by atoms with Crippen molar-refractivity contribution in [2.45, 2.75) is 25.9 Å². The SMILES string of the molecule is CC(C)C1NC(=O)C(c2ccccc2)N(C/C=C/Cl)C1=O. The van der Waals surface area contributed by atoms with Crippen LogP contribution in [0.15, 0.2) is 41.9 Å². The van der Waals surface area contributed by atoms with E-state index in [2.05, 4.69) is 5.32 Å². The number of hydrogen-bond donors (Lipinski definition) is 1. The summed E-state index contributed by atoms with van der Waals surface area (Å²) < 4.78 is 0. The van der Waals surface area contributed by atoms with Crippen LogP contribution in [0.1, 0.15) is 25.5 Å². The molecule has 1 aromatic carbocycles. The largest absolute Gasteiger partial charge is 0.342 e. The highest BCUT2D eigenvalue weighted by molar-refractivity contribution is 6.25. The second kappa shape index (κ2) is 6.76. The molecule has 112 valence electrons. The van der Waals surface area contributed by atoms with Crippen LogP contribution in [0.3, 0.4) is 0 Å². The number of hydrogen-bond acceptors (Lipinski definition) is 2. The van der Waals surface area contributed by atoms with Crippen molar-refractivity contribution in [3.8, 4) is 0 Å². The fraction of sp³-hybridized carbons (Fsp3) is 0.375. The number of carbonyl (C=O) groups is 2. The van der Waals surface area contributed by atoms with E-state index < -0.39 is 12.1 Å².